The topological polar surface area (TPSA) is 73.9 Å². The number of carbonyl (C=O) groups excluding carboxylic acids is 2. The van der Waals surface area contributed by atoms with E-state index in [1.807, 2.05) is 0 Å². The number of rotatable bonds is 9. The van der Waals surface area contributed by atoms with Crippen molar-refractivity contribution in [2.45, 2.75) is 33.2 Å². The van der Waals surface area contributed by atoms with Crippen LogP contribution in [-0.2, 0) is 14.3 Å². The zero-order valence-electron chi connectivity index (χ0n) is 13.9. The van der Waals surface area contributed by atoms with Crippen molar-refractivity contribution in [3.8, 4) is 11.5 Å². The molecule has 0 spiro atoms. The van der Waals surface area contributed by atoms with Crippen molar-refractivity contribution in [2.75, 3.05) is 6.54 Å². The van der Waals surface area contributed by atoms with Gasteiger partial charge in [0.1, 0.15) is 11.5 Å². The molecule has 6 nitrogen and oxygen atoms in total. The number of benzene rings is 1. The molecule has 0 bridgehead atoms. The molecule has 0 aliphatic heterocycles. The lowest BCUT2D eigenvalue weighted by atomic mass is 10.1. The largest absolute Gasteiger partial charge is 0.449 e. The van der Waals surface area contributed by atoms with Crippen LogP contribution in [0.5, 0.6) is 11.5 Å². The summed E-state index contributed by atoms with van der Waals surface area (Å²) in [7, 11) is 0. The number of nitrogens with one attached hydrogen (secondary N) is 1. The fourth-order valence-electron chi connectivity index (χ4n) is 1.77. The van der Waals surface area contributed by atoms with Crippen LogP contribution >= 0.6 is 0 Å². The Morgan fingerprint density at radius 2 is 1.81 bits per heavy atom. The molecule has 0 fully saturated rings. The molecule has 1 atom stereocenters. The van der Waals surface area contributed by atoms with Crippen molar-refractivity contribution in [1.29, 1.82) is 0 Å². The number of hydrogen-bond donors (Lipinski definition) is 1. The second-order valence-electron chi connectivity index (χ2n) is 4.76. The van der Waals surface area contributed by atoms with Gasteiger partial charge in [0, 0.05) is 24.3 Å². The fourth-order valence-corrected chi connectivity index (χ4v) is 1.77. The van der Waals surface area contributed by atoms with Gasteiger partial charge in [0.15, 0.2) is 6.10 Å². The zero-order chi connectivity index (χ0) is 19.7. The number of esters is 1. The quantitative estimate of drug-likeness (QED) is 0.406. The van der Waals surface area contributed by atoms with Crippen molar-refractivity contribution >= 4 is 18.0 Å². The van der Waals surface area contributed by atoms with E-state index in [0.717, 1.165) is 30.4 Å². The van der Waals surface area contributed by atoms with Crippen molar-refractivity contribution in [1.82, 2.24) is 5.32 Å². The molecule has 26 heavy (non-hydrogen) atoms. The van der Waals surface area contributed by atoms with E-state index in [0.29, 0.717) is 6.54 Å². The monoisotopic (exact) mass is 379 g/mol. The molecule has 1 aromatic carbocycles. The Kier molecular flexibility index (Phi) is 8.40. The fraction of sp³-hybridized carbons (Fsp3) is 0.375. The molecule has 0 saturated heterocycles. The van der Waals surface area contributed by atoms with E-state index >= 15 is 0 Å². The Bertz CT molecular complexity index is 652. The molecule has 0 saturated carbocycles. The first-order valence-corrected chi connectivity index (χ1v) is 7.43. The molecule has 10 heteroatoms. The number of hydrogen-bond acceptors (Lipinski definition) is 5. The Labute approximate surface area is 146 Å². The average Bonchev–Trinajstić information content (AvgIpc) is 2.53. The van der Waals surface area contributed by atoms with E-state index in [1.54, 1.807) is 6.92 Å². The minimum Gasteiger partial charge on any atom is -0.449 e. The van der Waals surface area contributed by atoms with Crippen LogP contribution in [-0.4, -0.2) is 37.7 Å². The number of alkyl halides is 4. The molecule has 1 rings (SSSR count). The highest BCUT2D eigenvalue weighted by atomic mass is 19.3. The number of likely N-dealkylation sites (N-methyl/N-ethyl adjacent to an activating group) is 1. The van der Waals surface area contributed by atoms with Crippen molar-refractivity contribution in [3.05, 3.63) is 29.8 Å². The zero-order valence-corrected chi connectivity index (χ0v) is 13.9. The first-order chi connectivity index (χ1) is 12.2. The van der Waals surface area contributed by atoms with Gasteiger partial charge in [-0.2, -0.15) is 17.6 Å². The predicted molar refractivity (Wildman–Crippen MR) is 83.0 cm³/mol. The van der Waals surface area contributed by atoms with Crippen LogP contribution in [0.15, 0.2) is 24.3 Å². The second kappa shape index (κ2) is 10.3. The highest BCUT2D eigenvalue weighted by molar-refractivity contribution is 5.90. The number of carbonyl (C=O) groups is 2. The van der Waals surface area contributed by atoms with Crippen molar-refractivity contribution < 1.29 is 41.4 Å². The van der Waals surface area contributed by atoms with Gasteiger partial charge in [-0.25, -0.2) is 4.79 Å². The number of amides is 1. The van der Waals surface area contributed by atoms with Gasteiger partial charge in [-0.1, -0.05) is 0 Å². The van der Waals surface area contributed by atoms with E-state index < -0.39 is 37.0 Å². The van der Waals surface area contributed by atoms with Gasteiger partial charge < -0.3 is 19.5 Å². The third-order valence-corrected chi connectivity index (χ3v) is 2.84. The molecular formula is C16H17F4NO5. The van der Waals surface area contributed by atoms with Gasteiger partial charge in [0.05, 0.1) is 0 Å². The van der Waals surface area contributed by atoms with E-state index in [-0.39, 0.29) is 11.3 Å². The number of halogens is 4. The maximum atomic E-state index is 12.5. The van der Waals surface area contributed by atoms with E-state index in [9.17, 15) is 27.2 Å². The van der Waals surface area contributed by atoms with Crippen LogP contribution < -0.4 is 14.8 Å². The highest BCUT2D eigenvalue weighted by Gasteiger charge is 2.16. The van der Waals surface area contributed by atoms with Gasteiger partial charge in [-0.15, -0.1) is 0 Å². The van der Waals surface area contributed by atoms with Gasteiger partial charge >= 0.3 is 19.2 Å². The van der Waals surface area contributed by atoms with Gasteiger partial charge in [-0.05, 0) is 32.1 Å². The lowest BCUT2D eigenvalue weighted by Gasteiger charge is -2.12. The van der Waals surface area contributed by atoms with Gasteiger partial charge in [0.2, 0.25) is 0 Å². The Hall–Kier alpha value is -2.78. The second-order valence-corrected chi connectivity index (χ2v) is 4.76. The van der Waals surface area contributed by atoms with Crippen LogP contribution in [0, 0.1) is 0 Å². The highest BCUT2D eigenvalue weighted by Crippen LogP contribution is 2.28. The lowest BCUT2D eigenvalue weighted by molar-refractivity contribution is -0.150. The summed E-state index contributed by atoms with van der Waals surface area (Å²) < 4.78 is 62.5. The summed E-state index contributed by atoms with van der Waals surface area (Å²) in [6.45, 7) is -2.94. The molecule has 0 aliphatic carbocycles. The average molecular weight is 379 g/mol. The normalized spacial score (nSPS) is 12.3. The van der Waals surface area contributed by atoms with E-state index in [1.165, 1.54) is 6.92 Å². The minimum absolute atomic E-state index is 0.00507. The van der Waals surface area contributed by atoms with Crippen LogP contribution in [0.4, 0.5) is 17.6 Å². The first-order valence-electron chi connectivity index (χ1n) is 7.43. The van der Waals surface area contributed by atoms with Crippen LogP contribution in [0.2, 0.25) is 0 Å². The third-order valence-electron chi connectivity index (χ3n) is 2.84. The molecule has 0 aliphatic rings. The molecule has 144 valence electrons. The molecule has 1 aromatic rings. The maximum absolute atomic E-state index is 12.5. The summed E-state index contributed by atoms with van der Waals surface area (Å²) in [5, 5.41) is 2.46. The minimum atomic E-state index is -3.21. The predicted octanol–water partition coefficient (Wildman–Crippen LogP) is 2.97. The maximum Gasteiger partial charge on any atom is 0.387 e. The first kappa shape index (κ1) is 21.3. The Morgan fingerprint density at radius 1 is 1.15 bits per heavy atom. The van der Waals surface area contributed by atoms with Crippen LogP contribution in [0.3, 0.4) is 0 Å². The Balaban J connectivity index is 2.87. The molecule has 1 amide bonds. The Morgan fingerprint density at radius 3 is 2.38 bits per heavy atom. The molecule has 0 unspecified atom stereocenters. The molecule has 0 heterocycles. The summed E-state index contributed by atoms with van der Waals surface area (Å²) in [6, 6.07) is 3.07. The summed E-state index contributed by atoms with van der Waals surface area (Å²) >= 11 is 0. The molecular weight excluding hydrogens is 362 g/mol. The van der Waals surface area contributed by atoms with Crippen LogP contribution in [0.25, 0.3) is 6.08 Å². The smallest absolute Gasteiger partial charge is 0.387 e. The summed E-state index contributed by atoms with van der Waals surface area (Å²) in [5.41, 5.74) is -0.00507. The summed E-state index contributed by atoms with van der Waals surface area (Å²) in [6.07, 6.45) is 0.916. The van der Waals surface area contributed by atoms with Crippen molar-refractivity contribution in [3.63, 3.8) is 0 Å². The molecule has 0 aromatic heterocycles. The third kappa shape index (κ3) is 7.41. The van der Waals surface area contributed by atoms with Gasteiger partial charge in [-0.3, -0.25) is 4.79 Å². The molecule has 1 N–H and O–H groups in total. The van der Waals surface area contributed by atoms with Crippen LogP contribution in [0.1, 0.15) is 19.4 Å². The summed E-state index contributed by atoms with van der Waals surface area (Å²) in [5.74, 6) is -2.26. The number of ether oxygens (including phenoxy) is 3. The van der Waals surface area contributed by atoms with Crippen molar-refractivity contribution in [2.24, 2.45) is 0 Å². The van der Waals surface area contributed by atoms with Gasteiger partial charge in [0.25, 0.3) is 5.91 Å². The lowest BCUT2D eigenvalue weighted by Crippen LogP contribution is -2.35. The SMILES string of the molecule is CCNC(=O)[C@H](C)OC(=O)/C=C/c1ccc(OC(F)F)cc1OC(F)F. The van der Waals surface area contributed by atoms with E-state index in [2.05, 4.69) is 14.8 Å². The summed E-state index contributed by atoms with van der Waals surface area (Å²) in [4.78, 5) is 23.1. The van der Waals surface area contributed by atoms with E-state index in [4.69, 9.17) is 4.74 Å². The standard InChI is InChI=1S/C16H17F4NO5/c1-3-21-14(23)9(2)24-13(22)7-5-10-4-6-11(25-15(17)18)8-12(10)26-16(19)20/h4-9,15-16H,3H2,1-2H3,(H,21,23)/b7-5+/t9-/m0/s1. The molecule has 0 radical (unpaired) electrons.